The monoisotopic (exact) mass is 407 g/mol. The third-order valence-electron chi connectivity index (χ3n) is 6.95. The van der Waals surface area contributed by atoms with Crippen LogP contribution in [0.4, 0.5) is 5.69 Å². The summed E-state index contributed by atoms with van der Waals surface area (Å²) in [5, 5.41) is 7.01. The number of methoxy groups -OCH3 is 2. The summed E-state index contributed by atoms with van der Waals surface area (Å²) in [5.41, 5.74) is 2.40. The minimum absolute atomic E-state index is 0.0299. The van der Waals surface area contributed by atoms with Crippen LogP contribution in [0.2, 0.25) is 0 Å². The molecule has 6 nitrogen and oxygen atoms in total. The average molecular weight is 408 g/mol. The molecule has 0 aliphatic carbocycles. The minimum Gasteiger partial charge on any atom is -0.496 e. The average Bonchev–Trinajstić information content (AvgIpc) is 2.74. The highest BCUT2D eigenvalue weighted by atomic mass is 16.5. The van der Waals surface area contributed by atoms with E-state index in [-0.39, 0.29) is 11.6 Å². The molecule has 2 N–H and O–H groups in total. The minimum atomic E-state index is -0.372. The fraction of sp³-hybridized carbons (Fsp3) is 0.458. The first-order valence-corrected chi connectivity index (χ1v) is 10.8. The van der Waals surface area contributed by atoms with Crippen molar-refractivity contribution in [3.8, 4) is 11.5 Å². The highest BCUT2D eigenvalue weighted by Crippen LogP contribution is 2.43. The van der Waals surface area contributed by atoms with E-state index in [1.165, 1.54) is 6.42 Å². The van der Waals surface area contributed by atoms with Gasteiger partial charge in [0.1, 0.15) is 17.2 Å². The number of piperidine rings is 2. The smallest absolute Gasteiger partial charge is 0.255 e. The summed E-state index contributed by atoms with van der Waals surface area (Å²) < 4.78 is 11.3. The number of para-hydroxylation sites is 1. The van der Waals surface area contributed by atoms with Gasteiger partial charge in [0.15, 0.2) is 0 Å². The molecule has 158 valence electrons. The molecule has 3 aliphatic heterocycles. The van der Waals surface area contributed by atoms with Crippen molar-refractivity contribution in [2.75, 3.05) is 19.5 Å². The Hall–Kier alpha value is -2.73. The van der Waals surface area contributed by atoms with Crippen LogP contribution in [-0.4, -0.2) is 42.8 Å². The number of benzene rings is 2. The van der Waals surface area contributed by atoms with Crippen LogP contribution in [0.15, 0.2) is 42.5 Å². The number of anilines is 1. The van der Waals surface area contributed by atoms with Gasteiger partial charge in [-0.25, -0.2) is 0 Å². The maximum atomic E-state index is 12.8. The zero-order chi connectivity index (χ0) is 20.7. The van der Waals surface area contributed by atoms with Gasteiger partial charge < -0.3 is 20.1 Å². The molecule has 3 aliphatic rings. The first-order chi connectivity index (χ1) is 14.6. The molecule has 6 heteroatoms. The Balaban J connectivity index is 1.43. The highest BCUT2D eigenvalue weighted by molar-refractivity contribution is 6.02. The molecule has 30 heavy (non-hydrogen) atoms. The van der Waals surface area contributed by atoms with Gasteiger partial charge in [-0.15, -0.1) is 0 Å². The fourth-order valence-electron chi connectivity index (χ4n) is 5.64. The zero-order valence-corrected chi connectivity index (χ0v) is 17.6. The van der Waals surface area contributed by atoms with Gasteiger partial charge in [0.2, 0.25) is 0 Å². The van der Waals surface area contributed by atoms with Crippen molar-refractivity contribution in [1.29, 1.82) is 0 Å². The van der Waals surface area contributed by atoms with Crippen LogP contribution in [0.5, 0.6) is 11.5 Å². The van der Waals surface area contributed by atoms with E-state index in [1.54, 1.807) is 14.2 Å². The molecule has 1 spiro atoms. The van der Waals surface area contributed by atoms with E-state index in [4.69, 9.17) is 9.47 Å². The fourth-order valence-corrected chi connectivity index (χ4v) is 5.64. The van der Waals surface area contributed by atoms with Gasteiger partial charge in [-0.3, -0.25) is 9.69 Å². The first-order valence-electron chi connectivity index (χ1n) is 10.8. The number of fused-ring (bicyclic) bond motifs is 3. The van der Waals surface area contributed by atoms with Crippen LogP contribution < -0.4 is 20.1 Å². The Labute approximate surface area is 177 Å². The topological polar surface area (TPSA) is 62.8 Å². The van der Waals surface area contributed by atoms with Gasteiger partial charge in [0, 0.05) is 37.2 Å². The first kappa shape index (κ1) is 19.2. The Morgan fingerprint density at radius 1 is 0.967 bits per heavy atom. The maximum absolute atomic E-state index is 12.8. The van der Waals surface area contributed by atoms with Crippen molar-refractivity contribution in [1.82, 2.24) is 10.2 Å². The number of hydrogen-bond donors (Lipinski definition) is 2. The molecule has 0 unspecified atom stereocenters. The molecule has 2 fully saturated rings. The number of nitrogens with one attached hydrogen (secondary N) is 2. The second-order valence-corrected chi connectivity index (χ2v) is 8.67. The Morgan fingerprint density at radius 2 is 1.63 bits per heavy atom. The van der Waals surface area contributed by atoms with Gasteiger partial charge in [0.25, 0.3) is 5.91 Å². The van der Waals surface area contributed by atoms with E-state index in [0.717, 1.165) is 60.5 Å². The van der Waals surface area contributed by atoms with Crippen molar-refractivity contribution in [3.05, 3.63) is 53.6 Å². The number of ether oxygens (including phenoxy) is 2. The highest BCUT2D eigenvalue weighted by Gasteiger charge is 2.49. The van der Waals surface area contributed by atoms with Crippen LogP contribution in [0.3, 0.4) is 0 Å². The SMILES string of the molecule is COc1cccc(OC)c1CN1[C@H]2CCC[C@H]1CC1(C2)NC(=O)c2ccccc2N1. The number of carbonyl (C=O) groups excluding carboxylic acids is 1. The summed E-state index contributed by atoms with van der Waals surface area (Å²) in [7, 11) is 3.42. The second-order valence-electron chi connectivity index (χ2n) is 8.67. The third-order valence-corrected chi connectivity index (χ3v) is 6.95. The maximum Gasteiger partial charge on any atom is 0.255 e. The van der Waals surface area contributed by atoms with Crippen LogP contribution >= 0.6 is 0 Å². The van der Waals surface area contributed by atoms with E-state index in [0.29, 0.717) is 12.1 Å². The van der Waals surface area contributed by atoms with E-state index in [2.05, 4.69) is 15.5 Å². The molecule has 2 aromatic carbocycles. The van der Waals surface area contributed by atoms with Crippen LogP contribution in [0.25, 0.3) is 0 Å². The standard InChI is InChI=1S/C24H29N3O3/c1-29-21-11-6-12-22(30-2)19(21)15-27-16-7-5-8-17(27)14-24(13-16)25-20-10-4-3-9-18(20)23(28)26-24/h3-4,6,9-12,16-17,25H,5,7-8,13-15H2,1-2H3,(H,26,28)/t16-,17-/m0/s1. The normalized spacial score (nSPS) is 27.7. The van der Waals surface area contributed by atoms with Crippen molar-refractivity contribution in [2.45, 2.75) is 56.4 Å². The van der Waals surface area contributed by atoms with E-state index >= 15 is 0 Å². The quantitative estimate of drug-likeness (QED) is 0.808. The lowest BCUT2D eigenvalue weighted by Crippen LogP contribution is -2.67. The Bertz CT molecular complexity index is 924. The van der Waals surface area contributed by atoms with Crippen molar-refractivity contribution in [3.63, 3.8) is 0 Å². The van der Waals surface area contributed by atoms with Gasteiger partial charge in [-0.2, -0.15) is 0 Å². The predicted octanol–water partition coefficient (Wildman–Crippen LogP) is 3.77. The molecule has 3 heterocycles. The molecule has 1 amide bonds. The third kappa shape index (κ3) is 3.19. The van der Waals surface area contributed by atoms with Crippen LogP contribution in [0.1, 0.15) is 48.0 Å². The number of hydrogen-bond acceptors (Lipinski definition) is 5. The lowest BCUT2D eigenvalue weighted by molar-refractivity contribution is -0.00728. The Kier molecular flexibility index (Phi) is 4.82. The number of amides is 1. The van der Waals surface area contributed by atoms with E-state index < -0.39 is 0 Å². The van der Waals surface area contributed by atoms with Crippen molar-refractivity contribution < 1.29 is 14.3 Å². The van der Waals surface area contributed by atoms with Crippen LogP contribution in [0, 0.1) is 0 Å². The number of nitrogens with zero attached hydrogens (tertiary/aromatic N) is 1. The van der Waals surface area contributed by atoms with Gasteiger partial charge in [0.05, 0.1) is 25.3 Å². The number of rotatable bonds is 4. The summed E-state index contributed by atoms with van der Waals surface area (Å²) in [5.74, 6) is 1.76. The molecule has 0 radical (unpaired) electrons. The molecular formula is C24H29N3O3. The number of carbonyl (C=O) groups is 1. The second kappa shape index (κ2) is 7.51. The lowest BCUT2D eigenvalue weighted by Gasteiger charge is -2.55. The van der Waals surface area contributed by atoms with E-state index in [1.807, 2.05) is 42.5 Å². The summed E-state index contributed by atoms with van der Waals surface area (Å²) in [6.07, 6.45) is 5.28. The van der Waals surface area contributed by atoms with Crippen molar-refractivity contribution in [2.24, 2.45) is 0 Å². The van der Waals surface area contributed by atoms with Gasteiger partial charge in [-0.1, -0.05) is 24.6 Å². The molecule has 5 rings (SSSR count). The summed E-state index contributed by atoms with van der Waals surface area (Å²) in [6, 6.07) is 14.5. The predicted molar refractivity (Wildman–Crippen MR) is 116 cm³/mol. The van der Waals surface area contributed by atoms with Gasteiger partial charge in [-0.05, 0) is 37.1 Å². The molecule has 0 aromatic heterocycles. The van der Waals surface area contributed by atoms with Crippen molar-refractivity contribution >= 4 is 11.6 Å². The van der Waals surface area contributed by atoms with E-state index in [9.17, 15) is 4.79 Å². The van der Waals surface area contributed by atoms with Crippen LogP contribution in [-0.2, 0) is 6.54 Å². The zero-order valence-electron chi connectivity index (χ0n) is 17.6. The molecular weight excluding hydrogens is 378 g/mol. The lowest BCUT2D eigenvalue weighted by atomic mass is 9.76. The molecule has 0 saturated carbocycles. The molecule has 2 aromatic rings. The largest absolute Gasteiger partial charge is 0.496 e. The molecule has 2 saturated heterocycles. The molecule has 2 atom stereocenters. The van der Waals surface area contributed by atoms with Gasteiger partial charge >= 0.3 is 0 Å². The molecule has 2 bridgehead atoms. The summed E-state index contributed by atoms with van der Waals surface area (Å²) >= 11 is 0. The Morgan fingerprint density at radius 3 is 2.30 bits per heavy atom. The summed E-state index contributed by atoms with van der Waals surface area (Å²) in [4.78, 5) is 15.4. The summed E-state index contributed by atoms with van der Waals surface area (Å²) in [6.45, 7) is 0.795.